The minimum absolute atomic E-state index is 0.102. The van der Waals surface area contributed by atoms with E-state index in [0.29, 0.717) is 37.2 Å². The molecule has 1 saturated heterocycles. The zero-order valence-electron chi connectivity index (χ0n) is 11.0. The summed E-state index contributed by atoms with van der Waals surface area (Å²) in [6.45, 7) is 2.98. The number of hydrogen-bond acceptors (Lipinski definition) is 4. The van der Waals surface area contributed by atoms with Crippen molar-refractivity contribution in [3.8, 4) is 6.07 Å². The molecule has 1 aliphatic rings. The van der Waals surface area contributed by atoms with E-state index >= 15 is 0 Å². The fourth-order valence-corrected chi connectivity index (χ4v) is 2.17. The van der Waals surface area contributed by atoms with E-state index in [1.807, 2.05) is 6.92 Å². The second-order valence-electron chi connectivity index (χ2n) is 5.17. The maximum atomic E-state index is 12.3. The van der Waals surface area contributed by atoms with Gasteiger partial charge in [-0.15, -0.1) is 0 Å². The maximum absolute atomic E-state index is 12.3. The van der Waals surface area contributed by atoms with Crippen molar-refractivity contribution < 1.29 is 9.90 Å². The molecule has 1 aromatic rings. The molecular weight excluding hydrogens is 242 g/mol. The lowest BCUT2D eigenvalue weighted by Gasteiger charge is -2.34. The van der Waals surface area contributed by atoms with E-state index in [9.17, 15) is 4.79 Å². The van der Waals surface area contributed by atoms with Crippen molar-refractivity contribution in [1.29, 1.82) is 5.26 Å². The number of pyridine rings is 1. The van der Waals surface area contributed by atoms with Crippen LogP contribution < -0.4 is 0 Å². The van der Waals surface area contributed by atoms with E-state index in [-0.39, 0.29) is 17.9 Å². The highest BCUT2D eigenvalue weighted by Crippen LogP contribution is 2.30. The predicted octanol–water partition coefficient (Wildman–Crippen LogP) is 1.34. The summed E-state index contributed by atoms with van der Waals surface area (Å²) in [5, 5.41) is 18.1. The monoisotopic (exact) mass is 259 g/mol. The normalized spacial score (nSPS) is 17.8. The topological polar surface area (TPSA) is 77.2 Å². The van der Waals surface area contributed by atoms with Crippen LogP contribution in [0.15, 0.2) is 18.3 Å². The number of aliphatic hydroxyl groups excluding tert-OH is 1. The van der Waals surface area contributed by atoms with E-state index in [0.717, 1.165) is 0 Å². The molecule has 0 aliphatic carbocycles. The highest BCUT2D eigenvalue weighted by atomic mass is 16.3. The second kappa shape index (κ2) is 5.37. The van der Waals surface area contributed by atoms with Crippen molar-refractivity contribution in [3.63, 3.8) is 0 Å². The number of aromatic nitrogens is 1. The van der Waals surface area contributed by atoms with Gasteiger partial charge in [0.05, 0.1) is 18.1 Å². The number of carbonyl (C=O) groups is 1. The number of amides is 1. The standard InChI is InChI=1S/C14H17N3O2/c1-14(10-15)3-6-17(7-4-14)13(19)12-8-11(9-18)2-5-16-12/h2,5,8,18H,3-4,6-7,9H2,1H3. The van der Waals surface area contributed by atoms with Gasteiger partial charge < -0.3 is 10.0 Å². The fourth-order valence-electron chi connectivity index (χ4n) is 2.17. The number of rotatable bonds is 2. The lowest BCUT2D eigenvalue weighted by Crippen LogP contribution is -2.42. The smallest absolute Gasteiger partial charge is 0.272 e. The molecule has 0 radical (unpaired) electrons. The highest BCUT2D eigenvalue weighted by Gasteiger charge is 2.32. The number of hydrogen-bond donors (Lipinski definition) is 1. The van der Waals surface area contributed by atoms with Crippen molar-refractivity contribution in [2.24, 2.45) is 5.41 Å². The number of piperidine rings is 1. The van der Waals surface area contributed by atoms with Gasteiger partial charge in [-0.25, -0.2) is 0 Å². The molecule has 0 bridgehead atoms. The van der Waals surface area contributed by atoms with E-state index in [1.165, 1.54) is 6.20 Å². The van der Waals surface area contributed by atoms with Crippen molar-refractivity contribution >= 4 is 5.91 Å². The molecule has 1 aromatic heterocycles. The van der Waals surface area contributed by atoms with E-state index in [2.05, 4.69) is 11.1 Å². The molecule has 2 heterocycles. The van der Waals surface area contributed by atoms with Gasteiger partial charge in [0.25, 0.3) is 5.91 Å². The van der Waals surface area contributed by atoms with Crippen LogP contribution in [0.25, 0.3) is 0 Å². The number of carbonyl (C=O) groups excluding carboxylic acids is 1. The van der Waals surface area contributed by atoms with Gasteiger partial charge in [0.2, 0.25) is 0 Å². The van der Waals surface area contributed by atoms with Gasteiger partial charge >= 0.3 is 0 Å². The minimum atomic E-state index is -0.322. The third-order valence-corrected chi connectivity index (χ3v) is 3.65. The molecule has 1 fully saturated rings. The van der Waals surface area contributed by atoms with Crippen LogP contribution in [0.3, 0.4) is 0 Å². The Morgan fingerprint density at radius 1 is 1.58 bits per heavy atom. The largest absolute Gasteiger partial charge is 0.392 e. The number of nitrogens with zero attached hydrogens (tertiary/aromatic N) is 3. The van der Waals surface area contributed by atoms with Crippen LogP contribution in [-0.4, -0.2) is 34.0 Å². The van der Waals surface area contributed by atoms with Crippen LogP contribution in [0.5, 0.6) is 0 Å². The Bertz CT molecular complexity index is 514. The summed E-state index contributed by atoms with van der Waals surface area (Å²) in [4.78, 5) is 18.0. The third-order valence-electron chi connectivity index (χ3n) is 3.65. The Hall–Kier alpha value is -1.93. The zero-order valence-corrected chi connectivity index (χ0v) is 11.0. The van der Waals surface area contributed by atoms with Crippen LogP contribution in [0.2, 0.25) is 0 Å². The molecule has 0 spiro atoms. The first-order valence-corrected chi connectivity index (χ1v) is 6.34. The summed E-state index contributed by atoms with van der Waals surface area (Å²) in [5.74, 6) is -0.129. The molecule has 2 rings (SSSR count). The molecule has 1 aliphatic heterocycles. The van der Waals surface area contributed by atoms with Crippen molar-refractivity contribution in [3.05, 3.63) is 29.6 Å². The summed E-state index contributed by atoms with van der Waals surface area (Å²) in [7, 11) is 0. The number of likely N-dealkylation sites (tertiary alicyclic amines) is 1. The van der Waals surface area contributed by atoms with Crippen molar-refractivity contribution in [1.82, 2.24) is 9.88 Å². The SMILES string of the molecule is CC1(C#N)CCN(C(=O)c2cc(CO)ccn2)CC1. The Labute approximate surface area is 112 Å². The van der Waals surface area contributed by atoms with Crippen LogP contribution in [0, 0.1) is 16.7 Å². The summed E-state index contributed by atoms with van der Waals surface area (Å²) in [6, 6.07) is 5.60. The Morgan fingerprint density at radius 3 is 2.84 bits per heavy atom. The molecule has 0 aromatic carbocycles. The maximum Gasteiger partial charge on any atom is 0.272 e. The molecule has 19 heavy (non-hydrogen) atoms. The minimum Gasteiger partial charge on any atom is -0.392 e. The molecule has 5 nitrogen and oxygen atoms in total. The number of nitriles is 1. The zero-order chi connectivity index (χ0) is 13.9. The molecule has 0 saturated carbocycles. The lowest BCUT2D eigenvalue weighted by molar-refractivity contribution is 0.0655. The summed E-state index contributed by atoms with van der Waals surface area (Å²) in [5.41, 5.74) is 0.710. The van der Waals surface area contributed by atoms with E-state index in [4.69, 9.17) is 10.4 Å². The Kier molecular flexibility index (Phi) is 3.82. The first kappa shape index (κ1) is 13.5. The third kappa shape index (κ3) is 2.91. The molecule has 0 atom stereocenters. The summed E-state index contributed by atoms with van der Waals surface area (Å²) in [6.07, 6.45) is 2.91. The van der Waals surface area contributed by atoms with Gasteiger partial charge in [-0.2, -0.15) is 5.26 Å². The van der Waals surface area contributed by atoms with Crippen LogP contribution in [0.4, 0.5) is 0 Å². The molecule has 5 heteroatoms. The lowest BCUT2D eigenvalue weighted by atomic mass is 9.82. The predicted molar refractivity (Wildman–Crippen MR) is 69.0 cm³/mol. The Morgan fingerprint density at radius 2 is 2.26 bits per heavy atom. The fraction of sp³-hybridized carbons (Fsp3) is 0.500. The molecular formula is C14H17N3O2. The average molecular weight is 259 g/mol. The average Bonchev–Trinajstić information content (AvgIpc) is 2.47. The quantitative estimate of drug-likeness (QED) is 0.869. The van der Waals surface area contributed by atoms with Crippen LogP contribution in [0.1, 0.15) is 35.8 Å². The second-order valence-corrected chi connectivity index (χ2v) is 5.17. The van der Waals surface area contributed by atoms with E-state index < -0.39 is 0 Å². The van der Waals surface area contributed by atoms with Gasteiger partial charge in [-0.3, -0.25) is 9.78 Å². The number of aliphatic hydroxyl groups is 1. The van der Waals surface area contributed by atoms with Crippen molar-refractivity contribution in [2.45, 2.75) is 26.4 Å². The van der Waals surface area contributed by atoms with Gasteiger partial charge in [0, 0.05) is 19.3 Å². The Balaban J connectivity index is 2.07. The molecule has 1 N–H and O–H groups in total. The highest BCUT2D eigenvalue weighted by molar-refractivity contribution is 5.92. The first-order chi connectivity index (χ1) is 9.08. The van der Waals surface area contributed by atoms with Gasteiger partial charge in [-0.1, -0.05) is 0 Å². The van der Waals surface area contributed by atoms with Crippen LogP contribution in [-0.2, 0) is 6.61 Å². The summed E-state index contributed by atoms with van der Waals surface area (Å²) >= 11 is 0. The van der Waals surface area contributed by atoms with Gasteiger partial charge in [-0.05, 0) is 37.5 Å². The van der Waals surface area contributed by atoms with Crippen molar-refractivity contribution in [2.75, 3.05) is 13.1 Å². The van der Waals surface area contributed by atoms with E-state index in [1.54, 1.807) is 17.0 Å². The molecule has 100 valence electrons. The van der Waals surface area contributed by atoms with Crippen LogP contribution >= 0.6 is 0 Å². The first-order valence-electron chi connectivity index (χ1n) is 6.34. The summed E-state index contributed by atoms with van der Waals surface area (Å²) < 4.78 is 0. The molecule has 1 amide bonds. The van der Waals surface area contributed by atoms with Gasteiger partial charge in [0.15, 0.2) is 0 Å². The van der Waals surface area contributed by atoms with Gasteiger partial charge in [0.1, 0.15) is 5.69 Å². The molecule has 0 unspecified atom stereocenters.